The number of rotatable bonds is 7. The third-order valence-electron chi connectivity index (χ3n) is 4.12. The third-order valence-corrected chi connectivity index (χ3v) is 4.12. The highest BCUT2D eigenvalue weighted by Gasteiger charge is 2.21. The summed E-state index contributed by atoms with van der Waals surface area (Å²) in [5.41, 5.74) is 0.886. The topological polar surface area (TPSA) is 39.7 Å². The lowest BCUT2D eigenvalue weighted by Gasteiger charge is -2.17. The molecule has 1 aliphatic heterocycles. The zero-order chi connectivity index (χ0) is 16.5. The van der Waals surface area contributed by atoms with Gasteiger partial charge in [-0.2, -0.15) is 0 Å². The van der Waals surface area contributed by atoms with E-state index in [0.717, 1.165) is 24.6 Å². The molecule has 0 bridgehead atoms. The molecule has 0 amide bonds. The fraction of sp³-hybridized carbons (Fsp3) is 0.611. The highest BCUT2D eigenvalue weighted by Crippen LogP contribution is 2.15. The van der Waals surface area contributed by atoms with Gasteiger partial charge in [0.25, 0.3) is 0 Å². The number of nitrogens with zero attached hydrogens (tertiary/aromatic N) is 2. The average Bonchev–Trinajstić information content (AvgIpc) is 2.98. The summed E-state index contributed by atoms with van der Waals surface area (Å²) in [5, 5.41) is 6.69. The first-order valence-corrected chi connectivity index (χ1v) is 8.70. The Bertz CT molecular complexity index is 510. The van der Waals surface area contributed by atoms with Gasteiger partial charge in [-0.25, -0.2) is 9.38 Å². The van der Waals surface area contributed by atoms with Crippen LogP contribution >= 0.6 is 24.0 Å². The molecule has 0 aromatic heterocycles. The van der Waals surface area contributed by atoms with Crippen molar-refractivity contribution in [2.24, 2.45) is 10.9 Å². The highest BCUT2D eigenvalue weighted by molar-refractivity contribution is 14.0. The number of hydrogen-bond acceptors (Lipinski definition) is 2. The van der Waals surface area contributed by atoms with Crippen LogP contribution in [0.15, 0.2) is 29.3 Å². The van der Waals surface area contributed by atoms with Gasteiger partial charge in [0.15, 0.2) is 5.96 Å². The van der Waals surface area contributed by atoms with Crippen molar-refractivity contribution < 1.29 is 4.39 Å². The van der Waals surface area contributed by atoms with Crippen molar-refractivity contribution in [3.8, 4) is 0 Å². The molecule has 1 aromatic carbocycles. The second-order valence-corrected chi connectivity index (χ2v) is 6.16. The summed E-state index contributed by atoms with van der Waals surface area (Å²) in [5.74, 6) is 1.28. The Morgan fingerprint density at radius 3 is 2.88 bits per heavy atom. The Balaban J connectivity index is 0.00000288. The number of aliphatic imine (C=N–C) groups is 1. The van der Waals surface area contributed by atoms with Gasteiger partial charge in [0, 0.05) is 19.6 Å². The van der Waals surface area contributed by atoms with Crippen molar-refractivity contribution >= 4 is 29.9 Å². The Morgan fingerprint density at radius 2 is 2.17 bits per heavy atom. The van der Waals surface area contributed by atoms with Crippen LogP contribution in [0.3, 0.4) is 0 Å². The van der Waals surface area contributed by atoms with Crippen LogP contribution in [-0.2, 0) is 6.54 Å². The zero-order valence-electron chi connectivity index (χ0n) is 14.7. The standard InChI is InChI=1S/C18H29FN4.HI/c1-3-9-23-10-8-16(14-23)13-22-18(20-4-2)21-12-15-6-5-7-17(19)11-15;/h5-7,11,16H,3-4,8-10,12-14H2,1-2H3,(H2,20,21,22);1H. The second kappa shape index (κ2) is 11.6. The van der Waals surface area contributed by atoms with E-state index >= 15 is 0 Å². The molecule has 136 valence electrons. The maximum atomic E-state index is 13.2. The number of halogens is 2. The molecule has 4 nitrogen and oxygen atoms in total. The zero-order valence-corrected chi connectivity index (χ0v) is 17.1. The van der Waals surface area contributed by atoms with Gasteiger partial charge < -0.3 is 15.5 Å². The SMILES string of the molecule is CCCN1CCC(CNC(=NCc2cccc(F)c2)NCC)C1.I. The lowest BCUT2D eigenvalue weighted by Crippen LogP contribution is -2.40. The van der Waals surface area contributed by atoms with Crippen LogP contribution in [0.2, 0.25) is 0 Å². The molecule has 1 aliphatic rings. The molecular weight excluding hydrogens is 418 g/mol. The van der Waals surface area contributed by atoms with Gasteiger partial charge in [-0.05, 0) is 56.5 Å². The Kier molecular flexibility index (Phi) is 10.2. The number of hydrogen-bond donors (Lipinski definition) is 2. The maximum absolute atomic E-state index is 13.2. The van der Waals surface area contributed by atoms with Gasteiger partial charge in [-0.15, -0.1) is 24.0 Å². The first-order valence-electron chi connectivity index (χ1n) is 8.70. The monoisotopic (exact) mass is 448 g/mol. The quantitative estimate of drug-likeness (QED) is 0.382. The van der Waals surface area contributed by atoms with Crippen LogP contribution < -0.4 is 10.6 Å². The van der Waals surface area contributed by atoms with Crippen molar-refractivity contribution in [2.45, 2.75) is 33.2 Å². The third kappa shape index (κ3) is 7.34. The summed E-state index contributed by atoms with van der Waals surface area (Å²) in [7, 11) is 0. The van der Waals surface area contributed by atoms with E-state index in [1.807, 2.05) is 6.07 Å². The fourth-order valence-corrected chi connectivity index (χ4v) is 2.99. The predicted octanol–water partition coefficient (Wildman–Crippen LogP) is 3.23. The van der Waals surface area contributed by atoms with E-state index in [1.165, 1.54) is 44.6 Å². The number of benzene rings is 1. The van der Waals surface area contributed by atoms with Crippen LogP contribution in [0.5, 0.6) is 0 Å². The van der Waals surface area contributed by atoms with Crippen molar-refractivity contribution in [3.63, 3.8) is 0 Å². The van der Waals surface area contributed by atoms with Crippen LogP contribution in [0.25, 0.3) is 0 Å². The molecule has 1 unspecified atom stereocenters. The largest absolute Gasteiger partial charge is 0.357 e. The van der Waals surface area contributed by atoms with E-state index in [9.17, 15) is 4.39 Å². The van der Waals surface area contributed by atoms with Crippen molar-refractivity contribution in [1.29, 1.82) is 0 Å². The minimum atomic E-state index is -0.211. The fourth-order valence-electron chi connectivity index (χ4n) is 2.99. The van der Waals surface area contributed by atoms with E-state index in [1.54, 1.807) is 6.07 Å². The van der Waals surface area contributed by atoms with E-state index in [2.05, 4.69) is 34.4 Å². The molecule has 6 heteroatoms. The Labute approximate surface area is 162 Å². The number of nitrogens with one attached hydrogen (secondary N) is 2. The lowest BCUT2D eigenvalue weighted by atomic mass is 10.1. The number of guanidine groups is 1. The summed E-state index contributed by atoms with van der Waals surface area (Å²) < 4.78 is 13.2. The van der Waals surface area contributed by atoms with Crippen molar-refractivity contribution in [2.75, 3.05) is 32.7 Å². The smallest absolute Gasteiger partial charge is 0.191 e. The molecule has 0 spiro atoms. The summed E-state index contributed by atoms with van der Waals surface area (Å²) in [6.45, 7) is 10.1. The molecule has 0 aliphatic carbocycles. The van der Waals surface area contributed by atoms with Crippen molar-refractivity contribution in [1.82, 2.24) is 15.5 Å². The lowest BCUT2D eigenvalue weighted by molar-refractivity contribution is 0.324. The molecule has 24 heavy (non-hydrogen) atoms. The molecule has 2 rings (SSSR count). The van der Waals surface area contributed by atoms with Crippen LogP contribution in [0.1, 0.15) is 32.3 Å². The molecule has 1 fully saturated rings. The predicted molar refractivity (Wildman–Crippen MR) is 109 cm³/mol. The van der Waals surface area contributed by atoms with Gasteiger partial charge in [-0.1, -0.05) is 19.1 Å². The van der Waals surface area contributed by atoms with E-state index in [-0.39, 0.29) is 29.8 Å². The summed E-state index contributed by atoms with van der Waals surface area (Å²) in [6, 6.07) is 6.61. The maximum Gasteiger partial charge on any atom is 0.191 e. The van der Waals surface area contributed by atoms with Crippen LogP contribution in [-0.4, -0.2) is 43.6 Å². The Hall–Kier alpha value is -0.890. The molecule has 2 N–H and O–H groups in total. The Morgan fingerprint density at radius 1 is 1.33 bits per heavy atom. The van der Waals surface area contributed by atoms with E-state index in [0.29, 0.717) is 12.5 Å². The summed E-state index contributed by atoms with van der Waals surface area (Å²) >= 11 is 0. The second-order valence-electron chi connectivity index (χ2n) is 6.16. The van der Waals surface area contributed by atoms with Gasteiger partial charge in [-0.3, -0.25) is 0 Å². The summed E-state index contributed by atoms with van der Waals surface area (Å²) in [4.78, 5) is 7.09. The first kappa shape index (κ1) is 21.2. The van der Waals surface area contributed by atoms with E-state index < -0.39 is 0 Å². The van der Waals surface area contributed by atoms with Gasteiger partial charge >= 0.3 is 0 Å². The molecule has 0 saturated carbocycles. The normalized spacial score (nSPS) is 18.3. The molecule has 1 atom stereocenters. The molecule has 0 radical (unpaired) electrons. The first-order chi connectivity index (χ1) is 11.2. The van der Waals surface area contributed by atoms with E-state index in [4.69, 9.17) is 0 Å². The highest BCUT2D eigenvalue weighted by atomic mass is 127. The minimum Gasteiger partial charge on any atom is -0.357 e. The van der Waals surface area contributed by atoms with Gasteiger partial charge in [0.1, 0.15) is 5.82 Å². The minimum absolute atomic E-state index is 0. The van der Waals surface area contributed by atoms with Gasteiger partial charge in [0.05, 0.1) is 6.54 Å². The molecular formula is C18H30FIN4. The molecule has 1 heterocycles. The average molecular weight is 448 g/mol. The molecule has 1 saturated heterocycles. The van der Waals surface area contributed by atoms with Crippen molar-refractivity contribution in [3.05, 3.63) is 35.6 Å². The molecule has 1 aromatic rings. The summed E-state index contributed by atoms with van der Waals surface area (Å²) in [6.07, 6.45) is 2.47. The van der Waals surface area contributed by atoms with Gasteiger partial charge in [0.2, 0.25) is 0 Å². The van der Waals surface area contributed by atoms with Crippen LogP contribution in [0.4, 0.5) is 4.39 Å². The number of likely N-dealkylation sites (tertiary alicyclic amines) is 1. The van der Waals surface area contributed by atoms with Crippen LogP contribution in [0, 0.1) is 11.7 Å².